The summed E-state index contributed by atoms with van der Waals surface area (Å²) in [6.45, 7) is 12.7. The third kappa shape index (κ3) is 8.15. The summed E-state index contributed by atoms with van der Waals surface area (Å²) < 4.78 is 39.0. The lowest BCUT2D eigenvalue weighted by Crippen LogP contribution is -2.60. The van der Waals surface area contributed by atoms with Gasteiger partial charge in [-0.2, -0.15) is 4.80 Å². The number of benzene rings is 1. The van der Waals surface area contributed by atoms with Crippen molar-refractivity contribution in [1.82, 2.24) is 40.5 Å². The molecule has 6 rings (SSSR count). The topological polar surface area (TPSA) is 204 Å². The van der Waals surface area contributed by atoms with E-state index in [1.807, 2.05) is 44.2 Å². The quantitative estimate of drug-likeness (QED) is 0.349. The highest BCUT2D eigenvalue weighted by atomic mass is 32.2. The number of cyclic esters (lactones) is 1. The highest BCUT2D eigenvalue weighted by molar-refractivity contribution is 7.91. The van der Waals surface area contributed by atoms with E-state index in [2.05, 4.69) is 37.3 Å². The van der Waals surface area contributed by atoms with Crippen molar-refractivity contribution < 1.29 is 37.1 Å². The van der Waals surface area contributed by atoms with Gasteiger partial charge >= 0.3 is 6.09 Å². The first kappa shape index (κ1) is 38.9. The van der Waals surface area contributed by atoms with Gasteiger partial charge in [-0.1, -0.05) is 39.0 Å². The molecule has 292 valence electrons. The number of nitrogens with zero attached hydrogens (tertiary/aromatic N) is 5. The maximum absolute atomic E-state index is 14.6. The van der Waals surface area contributed by atoms with Crippen LogP contribution in [0.4, 0.5) is 4.79 Å². The van der Waals surface area contributed by atoms with Crippen molar-refractivity contribution in [2.24, 2.45) is 11.3 Å². The van der Waals surface area contributed by atoms with Gasteiger partial charge in [-0.05, 0) is 81.2 Å². The van der Waals surface area contributed by atoms with E-state index in [1.54, 1.807) is 27.9 Å². The number of amides is 4. The number of rotatable bonds is 7. The fraction of sp³-hybridized carbons (Fsp3) is 0.595. The largest absolute Gasteiger partial charge is 0.496 e. The summed E-state index contributed by atoms with van der Waals surface area (Å²) in [7, 11) is -2.32. The van der Waals surface area contributed by atoms with Gasteiger partial charge in [-0.3, -0.25) is 19.1 Å². The zero-order valence-corrected chi connectivity index (χ0v) is 32.4. The molecule has 4 amide bonds. The van der Waals surface area contributed by atoms with Crippen LogP contribution in [-0.2, 0) is 29.1 Å². The number of fused-ring (bicyclic) bond motifs is 8. The molecule has 17 heteroatoms. The van der Waals surface area contributed by atoms with Crippen LogP contribution in [0.3, 0.4) is 0 Å². The second-order valence-electron chi connectivity index (χ2n) is 16.4. The minimum absolute atomic E-state index is 0.0295. The van der Waals surface area contributed by atoms with Gasteiger partial charge in [0.25, 0.3) is 5.91 Å². The van der Waals surface area contributed by atoms with Gasteiger partial charge < -0.3 is 25.0 Å². The van der Waals surface area contributed by atoms with E-state index in [1.165, 1.54) is 15.8 Å². The van der Waals surface area contributed by atoms with Crippen molar-refractivity contribution in [3.05, 3.63) is 42.5 Å². The lowest BCUT2D eigenvalue weighted by atomic mass is 9.85. The van der Waals surface area contributed by atoms with Crippen molar-refractivity contribution in [2.75, 3.05) is 13.7 Å². The Bertz CT molecular complexity index is 1970. The molecule has 16 nitrogen and oxygen atoms in total. The number of tetrazole rings is 1. The first-order valence-corrected chi connectivity index (χ1v) is 19.9. The number of aromatic nitrogens is 4. The lowest BCUT2D eigenvalue weighted by Gasteiger charge is -2.36. The van der Waals surface area contributed by atoms with Crippen molar-refractivity contribution in [1.29, 1.82) is 0 Å². The van der Waals surface area contributed by atoms with Gasteiger partial charge in [-0.15, -0.1) is 16.8 Å². The number of nitrogens with one attached hydrogen (secondary N) is 3. The second-order valence-corrected chi connectivity index (χ2v) is 18.3. The van der Waals surface area contributed by atoms with E-state index >= 15 is 0 Å². The van der Waals surface area contributed by atoms with Gasteiger partial charge in [0.2, 0.25) is 27.7 Å². The van der Waals surface area contributed by atoms with E-state index in [9.17, 15) is 27.6 Å². The molecule has 0 unspecified atom stereocenters. The summed E-state index contributed by atoms with van der Waals surface area (Å²) in [5.41, 5.74) is -1.76. The number of ether oxygens (including phenoxy) is 2. The summed E-state index contributed by atoms with van der Waals surface area (Å²) >= 11 is 0. The standard InChI is InChI=1S/C37H50N8O8S/c1-8-24-20-37(24,33(48)42-54(50,51)26-14-15-26)39-31(46)27-19-25-21-44(27)32(47)29(35(2,3)4)38-34(49)53-36(5,6)17-11-9-10-12-22-18-23(13-16-28(22)52-7)30-40-43-45(25)41-30/h8,10,12-13,16,18,24-27,29H,1,9,11,14-15,17,19-21H2,2-7H3,(H,38,49)(H,39,46)(H,42,48)/b12-10-/t24-,25-,27+,29-,37-/m1/s1. The molecule has 2 aliphatic heterocycles. The van der Waals surface area contributed by atoms with Gasteiger partial charge in [0.1, 0.15) is 29.0 Å². The molecule has 2 aromatic rings. The highest BCUT2D eigenvalue weighted by Gasteiger charge is 2.62. The highest BCUT2D eigenvalue weighted by Crippen LogP contribution is 2.46. The van der Waals surface area contributed by atoms with Gasteiger partial charge in [0.05, 0.1) is 18.4 Å². The molecule has 6 bridgehead atoms. The number of carbonyl (C=O) groups excluding carboxylic acids is 4. The minimum Gasteiger partial charge on any atom is -0.496 e. The molecule has 3 N–H and O–H groups in total. The molecule has 2 aliphatic carbocycles. The first-order valence-electron chi connectivity index (χ1n) is 18.3. The fourth-order valence-electron chi connectivity index (χ4n) is 7.11. The van der Waals surface area contributed by atoms with Crippen LogP contribution in [0.2, 0.25) is 0 Å². The van der Waals surface area contributed by atoms with Crippen LogP contribution in [-0.4, -0.2) is 99.5 Å². The Morgan fingerprint density at radius 1 is 1.19 bits per heavy atom. The lowest BCUT2D eigenvalue weighted by molar-refractivity contribution is -0.143. The predicted octanol–water partition coefficient (Wildman–Crippen LogP) is 3.28. The Labute approximate surface area is 315 Å². The SMILES string of the molecule is C=C[C@@H]1C[C@]1(NC(=O)[C@@H]1C[C@@H]2CN1C(=O)[C@H](C(C)(C)C)NC(=O)OC(C)(C)CCC/C=C\c1cc(ccc1OC)-c1nnn2n1)C(=O)NS(=O)(=O)C1CC1. The van der Waals surface area contributed by atoms with Gasteiger partial charge in [-0.25, -0.2) is 13.2 Å². The molecular weight excluding hydrogens is 717 g/mol. The molecule has 3 heterocycles. The zero-order valence-electron chi connectivity index (χ0n) is 31.6. The van der Waals surface area contributed by atoms with Crippen LogP contribution in [0.5, 0.6) is 5.75 Å². The van der Waals surface area contributed by atoms with E-state index < -0.39 is 79.7 Å². The first-order chi connectivity index (χ1) is 25.4. The van der Waals surface area contributed by atoms with E-state index in [4.69, 9.17) is 9.47 Å². The smallest absolute Gasteiger partial charge is 0.408 e. The number of alkyl carbamates (subject to hydrolysis) is 1. The van der Waals surface area contributed by atoms with Gasteiger partial charge in [0.15, 0.2) is 0 Å². The van der Waals surface area contributed by atoms with Crippen LogP contribution in [0.1, 0.15) is 91.2 Å². The number of allylic oxidation sites excluding steroid dienone is 1. The molecule has 54 heavy (non-hydrogen) atoms. The molecule has 4 aliphatic rings. The monoisotopic (exact) mass is 766 g/mol. The third-order valence-corrected chi connectivity index (χ3v) is 12.4. The predicted molar refractivity (Wildman–Crippen MR) is 198 cm³/mol. The van der Waals surface area contributed by atoms with Crippen LogP contribution < -0.4 is 20.1 Å². The summed E-state index contributed by atoms with van der Waals surface area (Å²) in [5, 5.41) is 18.2. The van der Waals surface area contributed by atoms with E-state index in [0.717, 1.165) is 5.56 Å². The van der Waals surface area contributed by atoms with Crippen molar-refractivity contribution >= 4 is 39.9 Å². The Morgan fingerprint density at radius 3 is 2.57 bits per heavy atom. The summed E-state index contributed by atoms with van der Waals surface area (Å²) in [6, 6.07) is 2.62. The molecule has 1 saturated heterocycles. The van der Waals surface area contributed by atoms with Crippen LogP contribution in [0, 0.1) is 11.3 Å². The number of carbonyl (C=O) groups is 4. The maximum atomic E-state index is 14.6. The number of hydrogen-bond donors (Lipinski definition) is 3. The average molecular weight is 767 g/mol. The third-order valence-electron chi connectivity index (χ3n) is 10.5. The maximum Gasteiger partial charge on any atom is 0.408 e. The second kappa shape index (κ2) is 14.5. The Balaban J connectivity index is 1.36. The molecule has 0 spiro atoms. The Kier molecular flexibility index (Phi) is 10.4. The van der Waals surface area contributed by atoms with Crippen LogP contribution >= 0.6 is 0 Å². The van der Waals surface area contributed by atoms with Crippen molar-refractivity contribution in [3.8, 4) is 17.1 Å². The van der Waals surface area contributed by atoms with Gasteiger partial charge in [0, 0.05) is 30.0 Å². The van der Waals surface area contributed by atoms with E-state index in [0.29, 0.717) is 49.2 Å². The zero-order chi connectivity index (χ0) is 39.2. The Morgan fingerprint density at radius 2 is 1.93 bits per heavy atom. The van der Waals surface area contributed by atoms with E-state index in [-0.39, 0.29) is 19.4 Å². The van der Waals surface area contributed by atoms with Crippen LogP contribution in [0.25, 0.3) is 17.5 Å². The van der Waals surface area contributed by atoms with Crippen LogP contribution in [0.15, 0.2) is 36.9 Å². The average Bonchev–Trinajstić information content (AvgIpc) is 3.97. The number of sulfonamides is 1. The molecule has 3 fully saturated rings. The molecule has 2 saturated carbocycles. The normalized spacial score (nSPS) is 27.9. The molecule has 1 aromatic carbocycles. The molecular formula is C37H50N8O8S. The minimum atomic E-state index is -3.91. The summed E-state index contributed by atoms with van der Waals surface area (Å²) in [5.74, 6) is -1.62. The summed E-state index contributed by atoms with van der Waals surface area (Å²) in [4.78, 5) is 58.6. The molecule has 1 aromatic heterocycles. The van der Waals surface area contributed by atoms with Crippen molar-refractivity contribution in [3.63, 3.8) is 0 Å². The summed E-state index contributed by atoms with van der Waals surface area (Å²) in [6.07, 6.45) is 7.73. The molecule has 0 radical (unpaired) electrons. The fourth-order valence-corrected chi connectivity index (χ4v) is 8.48. The molecule has 5 atom stereocenters. The number of methoxy groups -OCH3 is 1. The van der Waals surface area contributed by atoms with Crippen molar-refractivity contribution in [2.45, 2.75) is 114 Å². The number of hydrogen-bond acceptors (Lipinski definition) is 11. The Hall–Kier alpha value is -4.80.